The van der Waals surface area contributed by atoms with Crippen LogP contribution in [0.4, 0.5) is 4.39 Å². The number of benzene rings is 2. The summed E-state index contributed by atoms with van der Waals surface area (Å²) in [6.45, 7) is 1.88. The van der Waals surface area contributed by atoms with E-state index in [0.29, 0.717) is 15.6 Å². The van der Waals surface area contributed by atoms with Crippen molar-refractivity contribution < 1.29 is 14.3 Å². The van der Waals surface area contributed by atoms with E-state index in [0.717, 1.165) is 5.56 Å². The fourth-order valence-electron chi connectivity index (χ4n) is 1.99. The number of phenolic OH excluding ortho intramolecular Hbond substituents is 1. The van der Waals surface area contributed by atoms with Crippen molar-refractivity contribution in [3.63, 3.8) is 0 Å². The predicted molar refractivity (Wildman–Crippen MR) is 87.9 cm³/mol. The number of aromatic hydroxyl groups is 1. The van der Waals surface area contributed by atoms with Crippen molar-refractivity contribution >= 4 is 28.5 Å². The van der Waals surface area contributed by atoms with Crippen LogP contribution in [0, 0.1) is 9.39 Å². The maximum absolute atomic E-state index is 12.8. The lowest BCUT2D eigenvalue weighted by Gasteiger charge is -2.14. The van der Waals surface area contributed by atoms with Crippen molar-refractivity contribution in [1.82, 2.24) is 5.32 Å². The third kappa shape index (κ3) is 4.42. The summed E-state index contributed by atoms with van der Waals surface area (Å²) in [7, 11) is 0. The van der Waals surface area contributed by atoms with Crippen molar-refractivity contribution in [2.75, 3.05) is 0 Å². The molecule has 0 spiro atoms. The van der Waals surface area contributed by atoms with Crippen molar-refractivity contribution in [2.45, 2.75) is 19.4 Å². The van der Waals surface area contributed by atoms with Gasteiger partial charge in [-0.3, -0.25) is 4.79 Å². The maximum atomic E-state index is 12.8. The number of halogens is 2. The number of amides is 1. The molecule has 5 heteroatoms. The van der Waals surface area contributed by atoms with E-state index in [2.05, 4.69) is 5.32 Å². The average molecular weight is 399 g/mol. The lowest BCUT2D eigenvalue weighted by molar-refractivity contribution is 0.0939. The van der Waals surface area contributed by atoms with E-state index in [9.17, 15) is 14.3 Å². The van der Waals surface area contributed by atoms with Crippen LogP contribution in [0.25, 0.3) is 0 Å². The zero-order valence-corrected chi connectivity index (χ0v) is 13.6. The van der Waals surface area contributed by atoms with Gasteiger partial charge in [0.15, 0.2) is 0 Å². The Balaban J connectivity index is 1.98. The molecule has 2 N–H and O–H groups in total. The first-order chi connectivity index (χ1) is 9.95. The molecule has 1 amide bonds. The van der Waals surface area contributed by atoms with Gasteiger partial charge in [-0.05, 0) is 71.8 Å². The summed E-state index contributed by atoms with van der Waals surface area (Å²) in [5.41, 5.74) is 1.37. The minimum atomic E-state index is -0.273. The molecule has 2 rings (SSSR count). The van der Waals surface area contributed by atoms with Crippen LogP contribution in [0.5, 0.6) is 5.75 Å². The van der Waals surface area contributed by atoms with Gasteiger partial charge in [-0.15, -0.1) is 0 Å². The Morgan fingerprint density at radius 1 is 1.29 bits per heavy atom. The zero-order chi connectivity index (χ0) is 15.4. The molecule has 110 valence electrons. The molecule has 1 atom stereocenters. The lowest BCUT2D eigenvalue weighted by atomic mass is 10.1. The molecule has 0 saturated heterocycles. The largest absolute Gasteiger partial charge is 0.507 e. The van der Waals surface area contributed by atoms with Crippen molar-refractivity contribution in [1.29, 1.82) is 0 Å². The highest BCUT2D eigenvalue weighted by atomic mass is 127. The second kappa shape index (κ2) is 6.89. The monoisotopic (exact) mass is 399 g/mol. The molecule has 0 aliphatic rings. The Labute approximate surface area is 136 Å². The molecule has 2 aromatic rings. The number of phenols is 1. The van der Waals surface area contributed by atoms with Gasteiger partial charge in [-0.1, -0.05) is 12.1 Å². The minimum absolute atomic E-state index is 0.0921. The molecule has 0 heterocycles. The number of nitrogens with one attached hydrogen (secondary N) is 1. The summed E-state index contributed by atoms with van der Waals surface area (Å²) >= 11 is 2.00. The molecule has 3 nitrogen and oxygen atoms in total. The first-order valence-electron chi connectivity index (χ1n) is 6.49. The smallest absolute Gasteiger partial charge is 0.251 e. The molecule has 0 fully saturated rings. The molecular formula is C16H15FINO2. The van der Waals surface area contributed by atoms with E-state index >= 15 is 0 Å². The van der Waals surface area contributed by atoms with E-state index < -0.39 is 0 Å². The van der Waals surface area contributed by atoms with Crippen LogP contribution in [0.1, 0.15) is 22.8 Å². The molecule has 0 radical (unpaired) electrons. The molecular weight excluding hydrogens is 384 g/mol. The topological polar surface area (TPSA) is 49.3 Å². The molecule has 0 saturated carbocycles. The molecule has 0 aliphatic heterocycles. The quantitative estimate of drug-likeness (QED) is 0.774. The highest BCUT2D eigenvalue weighted by Crippen LogP contribution is 2.20. The number of rotatable bonds is 4. The predicted octanol–water partition coefficient (Wildman–Crippen LogP) is 3.50. The first-order valence-corrected chi connectivity index (χ1v) is 7.57. The summed E-state index contributed by atoms with van der Waals surface area (Å²) in [5, 5.41) is 12.5. The van der Waals surface area contributed by atoms with Crippen molar-refractivity contribution in [3.8, 4) is 5.75 Å². The Morgan fingerprint density at radius 3 is 2.57 bits per heavy atom. The van der Waals surface area contributed by atoms with Gasteiger partial charge in [-0.25, -0.2) is 4.39 Å². The van der Waals surface area contributed by atoms with Crippen LogP contribution < -0.4 is 5.32 Å². The van der Waals surface area contributed by atoms with E-state index in [1.807, 2.05) is 29.5 Å². The van der Waals surface area contributed by atoms with Crippen LogP contribution in [-0.2, 0) is 6.42 Å². The van der Waals surface area contributed by atoms with Crippen LogP contribution in [0.3, 0.4) is 0 Å². The third-order valence-electron chi connectivity index (χ3n) is 3.04. The number of carbonyl (C=O) groups is 1. The first kappa shape index (κ1) is 15.8. The fourth-order valence-corrected chi connectivity index (χ4v) is 2.32. The number of carbonyl (C=O) groups excluding carboxylic acids is 1. The van der Waals surface area contributed by atoms with Gasteiger partial charge < -0.3 is 10.4 Å². The Hall–Kier alpha value is -1.63. The van der Waals surface area contributed by atoms with Gasteiger partial charge in [0.25, 0.3) is 5.91 Å². The van der Waals surface area contributed by atoms with E-state index in [-0.39, 0.29) is 23.5 Å². The Morgan fingerprint density at radius 2 is 1.95 bits per heavy atom. The number of hydrogen-bond acceptors (Lipinski definition) is 2. The van der Waals surface area contributed by atoms with Gasteiger partial charge in [0, 0.05) is 11.6 Å². The van der Waals surface area contributed by atoms with Crippen LogP contribution >= 0.6 is 22.6 Å². The Kier molecular flexibility index (Phi) is 5.17. The van der Waals surface area contributed by atoms with Gasteiger partial charge in [-0.2, -0.15) is 0 Å². The number of hydrogen-bond donors (Lipinski definition) is 2. The third-order valence-corrected chi connectivity index (χ3v) is 3.95. The van der Waals surface area contributed by atoms with Gasteiger partial charge in [0.05, 0.1) is 3.57 Å². The standard InChI is InChI=1S/C16H15FINO2/c1-10(8-11-2-5-13(17)6-3-11)19-16(21)12-4-7-14(18)15(20)9-12/h2-7,9-10,20H,8H2,1H3,(H,19,21). The van der Waals surface area contributed by atoms with Gasteiger partial charge in [0.2, 0.25) is 0 Å². The molecule has 2 aromatic carbocycles. The second-order valence-corrected chi connectivity index (χ2v) is 6.03. The fraction of sp³-hybridized carbons (Fsp3) is 0.188. The second-order valence-electron chi connectivity index (χ2n) is 4.87. The van der Waals surface area contributed by atoms with Crippen molar-refractivity contribution in [2.24, 2.45) is 0 Å². The minimum Gasteiger partial charge on any atom is -0.507 e. The lowest BCUT2D eigenvalue weighted by Crippen LogP contribution is -2.34. The average Bonchev–Trinajstić information content (AvgIpc) is 2.44. The zero-order valence-electron chi connectivity index (χ0n) is 11.4. The molecule has 0 aromatic heterocycles. The molecule has 0 bridgehead atoms. The van der Waals surface area contributed by atoms with Crippen LogP contribution in [-0.4, -0.2) is 17.1 Å². The molecule has 0 aliphatic carbocycles. The summed E-state index contributed by atoms with van der Waals surface area (Å²) in [6, 6.07) is 10.9. The molecule has 1 unspecified atom stereocenters. The highest BCUT2D eigenvalue weighted by molar-refractivity contribution is 14.1. The highest BCUT2D eigenvalue weighted by Gasteiger charge is 2.12. The molecule has 21 heavy (non-hydrogen) atoms. The van der Waals surface area contributed by atoms with Gasteiger partial charge in [0.1, 0.15) is 11.6 Å². The van der Waals surface area contributed by atoms with E-state index in [1.165, 1.54) is 18.2 Å². The van der Waals surface area contributed by atoms with E-state index in [1.54, 1.807) is 24.3 Å². The Bertz CT molecular complexity index is 643. The summed E-state index contributed by atoms with van der Waals surface area (Å²) in [5.74, 6) is -0.421. The van der Waals surface area contributed by atoms with Crippen molar-refractivity contribution in [3.05, 3.63) is 63.0 Å². The normalized spacial score (nSPS) is 12.0. The van der Waals surface area contributed by atoms with Crippen LogP contribution in [0.15, 0.2) is 42.5 Å². The maximum Gasteiger partial charge on any atom is 0.251 e. The summed E-state index contributed by atoms with van der Waals surface area (Å²) < 4.78 is 13.5. The van der Waals surface area contributed by atoms with E-state index in [4.69, 9.17) is 0 Å². The SMILES string of the molecule is CC(Cc1ccc(F)cc1)NC(=O)c1ccc(I)c(O)c1. The summed E-state index contributed by atoms with van der Waals surface area (Å²) in [6.07, 6.45) is 0.613. The van der Waals surface area contributed by atoms with Gasteiger partial charge >= 0.3 is 0 Å². The van der Waals surface area contributed by atoms with Crippen LogP contribution in [0.2, 0.25) is 0 Å². The summed E-state index contributed by atoms with van der Waals surface area (Å²) in [4.78, 5) is 12.1.